The van der Waals surface area contributed by atoms with E-state index in [1.165, 1.54) is 0 Å². The van der Waals surface area contributed by atoms with Crippen molar-refractivity contribution in [2.75, 3.05) is 37.8 Å². The van der Waals surface area contributed by atoms with E-state index < -0.39 is 12.1 Å². The average molecular weight is 397 g/mol. The van der Waals surface area contributed by atoms with Gasteiger partial charge in [0.05, 0.1) is 13.2 Å². The molecular weight excluding hydrogens is 371 g/mol. The maximum atomic E-state index is 11.5. The normalized spacial score (nSPS) is 12.4. The molecule has 0 spiro atoms. The van der Waals surface area contributed by atoms with Crippen LogP contribution in [0.1, 0.15) is 13.8 Å². The van der Waals surface area contributed by atoms with E-state index in [-0.39, 0.29) is 36.8 Å². The number of esters is 2. The lowest BCUT2D eigenvalue weighted by Gasteiger charge is -2.17. The number of hydrogen-bond donors (Lipinski definition) is 4. The van der Waals surface area contributed by atoms with Crippen LogP contribution < -0.4 is 10.6 Å². The van der Waals surface area contributed by atoms with Gasteiger partial charge in [0.25, 0.3) is 0 Å². The summed E-state index contributed by atoms with van der Waals surface area (Å²) in [6, 6.07) is -0.894. The number of halogens is 2. The minimum atomic E-state index is -0.447. The Hall–Kier alpha value is 0.140. The highest BCUT2D eigenvalue weighted by Gasteiger charge is 2.19. The second kappa shape index (κ2) is 17.5. The van der Waals surface area contributed by atoms with Gasteiger partial charge in [0, 0.05) is 24.6 Å². The van der Waals surface area contributed by atoms with Crippen molar-refractivity contribution in [1.29, 1.82) is 0 Å². The van der Waals surface area contributed by atoms with Gasteiger partial charge in [-0.25, -0.2) is 0 Å². The molecule has 10 heteroatoms. The topological polar surface area (TPSA) is 76.7 Å². The number of nitrogens with one attached hydrogen (secondary N) is 2. The monoisotopic (exact) mass is 396 g/mol. The first-order chi connectivity index (χ1) is 9.60. The van der Waals surface area contributed by atoms with Crippen LogP contribution in [0.3, 0.4) is 0 Å². The summed E-state index contributed by atoms with van der Waals surface area (Å²) in [7, 11) is 0. The summed E-state index contributed by atoms with van der Waals surface area (Å²) >= 11 is 8.20. The molecule has 0 aromatic carbocycles. The summed E-state index contributed by atoms with van der Waals surface area (Å²) in [5.41, 5.74) is 0. The van der Waals surface area contributed by atoms with Crippen molar-refractivity contribution in [2.24, 2.45) is 0 Å². The summed E-state index contributed by atoms with van der Waals surface area (Å²) in [5, 5.41) is 6.03. The smallest absolute Gasteiger partial charge is 0.323 e. The Bertz CT molecular complexity index is 274. The molecule has 0 rings (SSSR count). The summed E-state index contributed by atoms with van der Waals surface area (Å²) < 4.78 is 9.81. The van der Waals surface area contributed by atoms with Crippen molar-refractivity contribution < 1.29 is 19.1 Å². The molecule has 0 aromatic rings. The van der Waals surface area contributed by atoms with Crippen LogP contribution in [0.15, 0.2) is 0 Å². The molecule has 0 aromatic heterocycles. The minimum absolute atomic E-state index is 0. The van der Waals surface area contributed by atoms with Crippen molar-refractivity contribution in [2.45, 2.75) is 25.9 Å². The second-order valence-electron chi connectivity index (χ2n) is 3.88. The largest absolute Gasteiger partial charge is 0.465 e. The highest BCUT2D eigenvalue weighted by atomic mass is 35.5. The van der Waals surface area contributed by atoms with Gasteiger partial charge in [0.2, 0.25) is 0 Å². The first-order valence-corrected chi connectivity index (χ1v) is 7.88. The van der Waals surface area contributed by atoms with E-state index in [2.05, 4.69) is 35.9 Å². The predicted octanol–water partition coefficient (Wildman–Crippen LogP) is 0.732. The molecule has 134 valence electrons. The van der Waals surface area contributed by atoms with Gasteiger partial charge in [-0.1, -0.05) is 0 Å². The molecule has 0 fully saturated rings. The summed E-state index contributed by atoms with van der Waals surface area (Å²) in [6.45, 7) is 5.21. The molecule has 2 unspecified atom stereocenters. The van der Waals surface area contributed by atoms with Gasteiger partial charge in [-0.2, -0.15) is 25.3 Å². The van der Waals surface area contributed by atoms with Crippen LogP contribution in [0.4, 0.5) is 0 Å². The molecule has 22 heavy (non-hydrogen) atoms. The Morgan fingerprint density at radius 2 is 1.18 bits per heavy atom. The Labute approximate surface area is 155 Å². The van der Waals surface area contributed by atoms with Gasteiger partial charge in [-0.3, -0.25) is 9.59 Å². The number of ether oxygens (including phenoxy) is 2. The molecule has 6 nitrogen and oxygen atoms in total. The second-order valence-corrected chi connectivity index (χ2v) is 4.61. The van der Waals surface area contributed by atoms with Gasteiger partial charge in [0.1, 0.15) is 12.1 Å². The standard InChI is InChI=1S/C12H24N2O4S2.2ClH/c1-3-17-11(15)9(7-19)13-5-6-14-10(8-20)12(16)18-4-2;;/h9-10,13-14,19-20H,3-8H2,1-2H3;2*1H. The van der Waals surface area contributed by atoms with E-state index in [4.69, 9.17) is 9.47 Å². The first kappa shape index (κ1) is 27.0. The molecule has 2 N–H and O–H groups in total. The van der Waals surface area contributed by atoms with Crippen molar-refractivity contribution in [1.82, 2.24) is 10.6 Å². The van der Waals surface area contributed by atoms with Crippen LogP contribution in [0.25, 0.3) is 0 Å². The molecule has 0 saturated carbocycles. The molecule has 0 bridgehead atoms. The molecule has 0 aliphatic rings. The third-order valence-corrected chi connectivity index (χ3v) is 3.14. The Morgan fingerprint density at radius 1 is 0.864 bits per heavy atom. The average Bonchev–Trinajstić information content (AvgIpc) is 2.43. The SMILES string of the molecule is CCOC(=O)C(CS)NCCNC(CS)C(=O)OCC.Cl.Cl. The van der Waals surface area contributed by atoms with E-state index in [9.17, 15) is 9.59 Å². The highest BCUT2D eigenvalue weighted by Crippen LogP contribution is 1.94. The number of rotatable bonds is 11. The van der Waals surface area contributed by atoms with Crippen LogP contribution in [0.5, 0.6) is 0 Å². The van der Waals surface area contributed by atoms with E-state index >= 15 is 0 Å². The number of carbonyl (C=O) groups is 2. The zero-order chi connectivity index (χ0) is 15.4. The Morgan fingerprint density at radius 3 is 1.41 bits per heavy atom. The fourth-order valence-corrected chi connectivity index (χ4v) is 1.98. The van der Waals surface area contributed by atoms with E-state index in [1.54, 1.807) is 13.8 Å². The van der Waals surface area contributed by atoms with Crippen LogP contribution in [0, 0.1) is 0 Å². The number of hydrogen-bond acceptors (Lipinski definition) is 8. The maximum Gasteiger partial charge on any atom is 0.323 e. The summed E-state index contributed by atoms with van der Waals surface area (Å²) in [4.78, 5) is 23.0. The van der Waals surface area contributed by atoms with E-state index in [1.807, 2.05) is 0 Å². The fraction of sp³-hybridized carbons (Fsp3) is 0.833. The molecule has 0 amide bonds. The summed E-state index contributed by atoms with van der Waals surface area (Å²) in [5.74, 6) is 0.0663. The lowest BCUT2D eigenvalue weighted by molar-refractivity contribution is -0.146. The number of thiol groups is 2. The fourth-order valence-electron chi connectivity index (χ4n) is 1.42. The van der Waals surface area contributed by atoms with Gasteiger partial charge in [-0.15, -0.1) is 24.8 Å². The van der Waals surface area contributed by atoms with Crippen molar-refractivity contribution in [3.8, 4) is 0 Å². The third-order valence-electron chi connectivity index (χ3n) is 2.41. The molecule has 0 saturated heterocycles. The predicted molar refractivity (Wildman–Crippen MR) is 99.0 cm³/mol. The molecular formula is C12H26Cl2N2O4S2. The third kappa shape index (κ3) is 11.7. The van der Waals surface area contributed by atoms with Crippen molar-refractivity contribution >= 4 is 62.0 Å². The van der Waals surface area contributed by atoms with Crippen LogP contribution in [-0.4, -0.2) is 61.8 Å². The van der Waals surface area contributed by atoms with Crippen LogP contribution in [0.2, 0.25) is 0 Å². The van der Waals surface area contributed by atoms with Crippen LogP contribution >= 0.6 is 50.1 Å². The molecule has 0 aliphatic heterocycles. The molecule has 0 radical (unpaired) electrons. The van der Waals surface area contributed by atoms with Gasteiger partial charge in [-0.05, 0) is 13.8 Å². The van der Waals surface area contributed by atoms with Crippen LogP contribution in [-0.2, 0) is 19.1 Å². The van der Waals surface area contributed by atoms with Crippen molar-refractivity contribution in [3.63, 3.8) is 0 Å². The van der Waals surface area contributed by atoms with Gasteiger partial charge < -0.3 is 20.1 Å². The number of carbonyl (C=O) groups excluding carboxylic acids is 2. The van der Waals surface area contributed by atoms with E-state index in [0.717, 1.165) is 0 Å². The van der Waals surface area contributed by atoms with Crippen molar-refractivity contribution in [3.05, 3.63) is 0 Å². The first-order valence-electron chi connectivity index (χ1n) is 6.62. The molecule has 0 aliphatic carbocycles. The highest BCUT2D eigenvalue weighted by molar-refractivity contribution is 7.80. The van der Waals surface area contributed by atoms with Gasteiger partial charge in [0.15, 0.2) is 0 Å². The van der Waals surface area contributed by atoms with E-state index in [0.29, 0.717) is 37.8 Å². The Kier molecular flexibility index (Phi) is 21.5. The molecule has 2 atom stereocenters. The molecule has 0 heterocycles. The zero-order valence-corrected chi connectivity index (χ0v) is 16.2. The lowest BCUT2D eigenvalue weighted by Crippen LogP contribution is -2.46. The maximum absolute atomic E-state index is 11.5. The Balaban J connectivity index is -0.00000180. The lowest BCUT2D eigenvalue weighted by atomic mass is 10.3. The zero-order valence-electron chi connectivity index (χ0n) is 12.7. The minimum Gasteiger partial charge on any atom is -0.465 e. The summed E-state index contributed by atoms with van der Waals surface area (Å²) in [6.07, 6.45) is 0. The van der Waals surface area contributed by atoms with Gasteiger partial charge >= 0.3 is 11.9 Å². The quantitative estimate of drug-likeness (QED) is 0.234.